The Bertz CT molecular complexity index is 2840. The van der Waals surface area contributed by atoms with Crippen LogP contribution in [0.5, 0.6) is 0 Å². The van der Waals surface area contributed by atoms with Crippen LogP contribution in [0.25, 0.3) is 11.1 Å². The van der Waals surface area contributed by atoms with E-state index in [-0.39, 0.29) is 71.9 Å². The molecule has 336 valence electrons. The van der Waals surface area contributed by atoms with Crippen LogP contribution in [0.15, 0.2) is 165 Å². The van der Waals surface area contributed by atoms with Gasteiger partial charge in [0, 0.05) is 52.4 Å². The van der Waals surface area contributed by atoms with Crippen LogP contribution in [0.2, 0.25) is 0 Å². The molecular weight excluding hydrogens is 889 g/mol. The number of hydrogen-bond donors (Lipinski definition) is 0. The van der Waals surface area contributed by atoms with Crippen molar-refractivity contribution in [3.8, 4) is 11.1 Å². The first kappa shape index (κ1) is 46.9. The predicted molar refractivity (Wildman–Crippen MR) is 249 cm³/mol. The summed E-state index contributed by atoms with van der Waals surface area (Å²) in [5.41, 5.74) is 5.86. The Morgan fingerprint density at radius 2 is 0.516 bits per heavy atom. The highest BCUT2D eigenvalue weighted by Crippen LogP contribution is 2.32. The molecule has 64 heavy (non-hydrogen) atoms. The molecule has 0 fully saturated rings. The molecule has 0 unspecified atom stereocenters. The zero-order valence-electron chi connectivity index (χ0n) is 36.2. The van der Waals surface area contributed by atoms with Gasteiger partial charge in [-0.1, -0.05) is 119 Å². The van der Waals surface area contributed by atoms with Gasteiger partial charge < -0.3 is 0 Å². The number of sulfonamides is 4. The standard InChI is InChI=1S/C48H52N4O8S4/c1-37-13-21-43(22-14-37)61(53,54)49-29-30-50(62(55,56)44-23-15-38(2)16-24-44)32-34-52(64(59,60)46-27-19-40(4)20-28-46)36-42-10-6-8-12-48(42)47-11-7-5-9-41(47)35-51(33-31-49)63(57,58)45-25-17-39(3)18-26-45/h5-28H,29-36H2,1-4H3. The minimum absolute atomic E-state index is 0.0191. The first-order chi connectivity index (χ1) is 30.4. The van der Waals surface area contributed by atoms with Gasteiger partial charge in [0.1, 0.15) is 0 Å². The Morgan fingerprint density at radius 1 is 0.297 bits per heavy atom. The van der Waals surface area contributed by atoms with Gasteiger partial charge in [-0.25, -0.2) is 33.7 Å². The second-order valence-electron chi connectivity index (χ2n) is 16.1. The van der Waals surface area contributed by atoms with E-state index in [0.717, 1.165) is 30.9 Å². The monoisotopic (exact) mass is 940 g/mol. The van der Waals surface area contributed by atoms with E-state index in [1.165, 1.54) is 57.1 Å². The average Bonchev–Trinajstić information content (AvgIpc) is 3.26. The molecule has 0 aliphatic carbocycles. The van der Waals surface area contributed by atoms with E-state index in [1.54, 1.807) is 60.7 Å². The highest BCUT2D eigenvalue weighted by molar-refractivity contribution is 7.90. The fourth-order valence-corrected chi connectivity index (χ4v) is 13.3. The molecular formula is C48H52N4O8S4. The van der Waals surface area contributed by atoms with E-state index in [2.05, 4.69) is 0 Å². The lowest BCUT2D eigenvalue weighted by atomic mass is 9.95. The van der Waals surface area contributed by atoms with Crippen molar-refractivity contribution >= 4 is 40.1 Å². The van der Waals surface area contributed by atoms with E-state index in [0.29, 0.717) is 22.3 Å². The molecule has 0 saturated carbocycles. The Balaban J connectivity index is 1.43. The van der Waals surface area contributed by atoms with Gasteiger partial charge in [-0.05, 0) is 98.5 Å². The van der Waals surface area contributed by atoms with Crippen molar-refractivity contribution in [1.82, 2.24) is 17.2 Å². The number of nitrogens with zero attached hydrogens (tertiary/aromatic N) is 4. The fraction of sp³-hybridized carbons (Fsp3) is 0.250. The highest BCUT2D eigenvalue weighted by Gasteiger charge is 2.34. The number of fused-ring (bicyclic) bond motifs is 3. The third-order valence-corrected chi connectivity index (χ3v) is 19.0. The Hall–Kier alpha value is -5.04. The maximum atomic E-state index is 14.7. The molecule has 0 radical (unpaired) electrons. The lowest BCUT2D eigenvalue weighted by Gasteiger charge is -2.31. The van der Waals surface area contributed by atoms with Crippen molar-refractivity contribution in [2.24, 2.45) is 0 Å². The Kier molecular flexibility index (Phi) is 14.1. The third kappa shape index (κ3) is 10.2. The summed E-state index contributed by atoms with van der Waals surface area (Å²) >= 11 is 0. The number of hydrogen-bond acceptors (Lipinski definition) is 8. The third-order valence-electron chi connectivity index (χ3n) is 11.4. The summed E-state index contributed by atoms with van der Waals surface area (Å²) in [7, 11) is -17.3. The van der Waals surface area contributed by atoms with Gasteiger partial charge in [-0.3, -0.25) is 0 Å². The summed E-state index contributed by atoms with van der Waals surface area (Å²) in [6.07, 6.45) is 0. The van der Waals surface area contributed by atoms with Crippen LogP contribution >= 0.6 is 0 Å². The zero-order chi connectivity index (χ0) is 45.9. The summed E-state index contributed by atoms with van der Waals surface area (Å²) < 4.78 is 122. The molecule has 1 heterocycles. The smallest absolute Gasteiger partial charge is 0.207 e. The average molecular weight is 941 g/mol. The van der Waals surface area contributed by atoms with E-state index < -0.39 is 40.1 Å². The predicted octanol–water partition coefficient (Wildman–Crippen LogP) is 7.36. The molecule has 1 aliphatic heterocycles. The van der Waals surface area contributed by atoms with Crippen molar-refractivity contribution in [3.05, 3.63) is 179 Å². The molecule has 6 aromatic rings. The summed E-state index contributed by atoms with van der Waals surface area (Å²) in [4.78, 5) is -0.0623. The lowest BCUT2D eigenvalue weighted by Crippen LogP contribution is -2.47. The van der Waals surface area contributed by atoms with Gasteiger partial charge in [0.2, 0.25) is 40.1 Å². The van der Waals surface area contributed by atoms with Crippen LogP contribution in [0.1, 0.15) is 33.4 Å². The van der Waals surface area contributed by atoms with Gasteiger partial charge in [-0.15, -0.1) is 0 Å². The highest BCUT2D eigenvalue weighted by atomic mass is 32.2. The molecule has 1 aliphatic rings. The van der Waals surface area contributed by atoms with Crippen molar-refractivity contribution in [1.29, 1.82) is 0 Å². The van der Waals surface area contributed by atoms with Gasteiger partial charge in [0.25, 0.3) is 0 Å². The van der Waals surface area contributed by atoms with Crippen LogP contribution in [0.4, 0.5) is 0 Å². The molecule has 7 rings (SSSR count). The molecule has 0 atom stereocenters. The minimum atomic E-state index is -4.37. The molecule has 0 amide bonds. The van der Waals surface area contributed by atoms with E-state index >= 15 is 0 Å². The quantitative estimate of drug-likeness (QED) is 0.154. The Morgan fingerprint density at radius 3 is 0.781 bits per heavy atom. The van der Waals surface area contributed by atoms with Gasteiger partial charge >= 0.3 is 0 Å². The normalized spacial score (nSPS) is 16.2. The largest absolute Gasteiger partial charge is 0.243 e. The summed E-state index contributed by atoms with van der Waals surface area (Å²) in [6.45, 7) is 4.98. The van der Waals surface area contributed by atoms with Crippen LogP contribution in [-0.2, 0) is 53.2 Å². The van der Waals surface area contributed by atoms with Crippen molar-refractivity contribution in [2.75, 3.05) is 39.3 Å². The first-order valence-electron chi connectivity index (χ1n) is 20.8. The van der Waals surface area contributed by atoms with Gasteiger partial charge in [-0.2, -0.15) is 17.2 Å². The molecule has 6 aromatic carbocycles. The van der Waals surface area contributed by atoms with Crippen molar-refractivity contribution < 1.29 is 33.7 Å². The molecule has 0 aromatic heterocycles. The van der Waals surface area contributed by atoms with Crippen LogP contribution in [0, 0.1) is 27.7 Å². The Labute approximate surface area is 378 Å². The molecule has 16 heteroatoms. The fourth-order valence-electron chi connectivity index (χ4n) is 7.60. The van der Waals surface area contributed by atoms with E-state index in [9.17, 15) is 33.7 Å². The van der Waals surface area contributed by atoms with E-state index in [1.807, 2.05) is 64.1 Å². The topological polar surface area (TPSA) is 150 Å². The van der Waals surface area contributed by atoms with Crippen molar-refractivity contribution in [2.45, 2.75) is 60.4 Å². The lowest BCUT2D eigenvalue weighted by molar-refractivity contribution is 0.299. The summed E-state index contributed by atoms with van der Waals surface area (Å²) in [5.74, 6) is 0. The molecule has 0 saturated heterocycles. The zero-order valence-corrected chi connectivity index (χ0v) is 39.5. The summed E-state index contributed by atoms with van der Waals surface area (Å²) in [5, 5.41) is 0. The van der Waals surface area contributed by atoms with Gasteiger partial charge in [0.05, 0.1) is 19.6 Å². The maximum absolute atomic E-state index is 14.7. The van der Waals surface area contributed by atoms with Crippen LogP contribution in [0.3, 0.4) is 0 Å². The second-order valence-corrected chi connectivity index (χ2v) is 23.8. The molecule has 12 nitrogen and oxygen atoms in total. The maximum Gasteiger partial charge on any atom is 0.243 e. The van der Waals surface area contributed by atoms with Crippen molar-refractivity contribution in [3.63, 3.8) is 0 Å². The SMILES string of the molecule is Cc1ccc(S(=O)(=O)N2CCN(S(=O)(=O)c3ccc(C)cc3)CCN(S(=O)(=O)c3ccc(C)cc3)Cc3ccccc3-c3ccccc3CN(S(=O)(=O)c3ccc(C)cc3)CC2)cc1. The molecule has 0 spiro atoms. The number of benzene rings is 6. The van der Waals surface area contributed by atoms with Crippen LogP contribution in [-0.4, -0.2) is 90.2 Å². The first-order valence-corrected chi connectivity index (χ1v) is 26.6. The summed E-state index contributed by atoms with van der Waals surface area (Å²) in [6, 6.07) is 39.9. The minimum Gasteiger partial charge on any atom is -0.207 e. The number of aryl methyl sites for hydroxylation is 4. The van der Waals surface area contributed by atoms with E-state index in [4.69, 9.17) is 0 Å². The van der Waals surface area contributed by atoms with Gasteiger partial charge in [0.15, 0.2) is 0 Å². The van der Waals surface area contributed by atoms with Crippen LogP contribution < -0.4 is 0 Å². The second kappa shape index (κ2) is 19.2. The molecule has 0 bridgehead atoms. The number of rotatable bonds is 8. The molecule has 0 N–H and O–H groups in total.